The molecular formula is C20H15FN2O3S. The fourth-order valence-electron chi connectivity index (χ4n) is 2.81. The Morgan fingerprint density at radius 2 is 1.85 bits per heavy atom. The SMILES string of the molecule is O=C1OCC[C@@H]1SC1=N/C(=C/c2ccccc2)C(=O)N1c1ccc(F)cc1. The molecule has 2 aliphatic heterocycles. The Hall–Kier alpha value is -2.93. The fraction of sp³-hybridized carbons (Fsp3) is 0.150. The molecule has 1 saturated heterocycles. The Balaban J connectivity index is 1.70. The normalized spacial score (nSPS) is 20.9. The lowest BCUT2D eigenvalue weighted by atomic mass is 10.2. The molecule has 0 saturated carbocycles. The van der Waals surface area contributed by atoms with Gasteiger partial charge >= 0.3 is 5.97 Å². The maximum Gasteiger partial charge on any atom is 0.319 e. The summed E-state index contributed by atoms with van der Waals surface area (Å²) >= 11 is 1.19. The first kappa shape index (κ1) is 17.5. The van der Waals surface area contributed by atoms with Crippen molar-refractivity contribution in [2.45, 2.75) is 11.7 Å². The second-order valence-electron chi connectivity index (χ2n) is 6.01. The van der Waals surface area contributed by atoms with Crippen LogP contribution in [0, 0.1) is 5.82 Å². The number of anilines is 1. The number of aliphatic imine (C=N–C) groups is 1. The van der Waals surface area contributed by atoms with Gasteiger partial charge in [-0.05, 0) is 35.9 Å². The van der Waals surface area contributed by atoms with E-state index in [9.17, 15) is 14.0 Å². The van der Waals surface area contributed by atoms with Crippen LogP contribution in [0.5, 0.6) is 0 Å². The number of carbonyl (C=O) groups is 2. The van der Waals surface area contributed by atoms with E-state index < -0.39 is 11.1 Å². The molecule has 0 spiro atoms. The maximum absolute atomic E-state index is 13.3. The van der Waals surface area contributed by atoms with E-state index in [2.05, 4.69) is 4.99 Å². The van der Waals surface area contributed by atoms with Gasteiger partial charge in [0.15, 0.2) is 5.17 Å². The molecule has 27 heavy (non-hydrogen) atoms. The molecule has 1 fully saturated rings. The molecule has 1 atom stereocenters. The summed E-state index contributed by atoms with van der Waals surface area (Å²) in [7, 11) is 0. The van der Waals surface area contributed by atoms with E-state index in [0.717, 1.165) is 5.56 Å². The Morgan fingerprint density at radius 1 is 1.11 bits per heavy atom. The highest BCUT2D eigenvalue weighted by molar-refractivity contribution is 8.15. The van der Waals surface area contributed by atoms with Crippen LogP contribution in [0.4, 0.5) is 10.1 Å². The van der Waals surface area contributed by atoms with Gasteiger partial charge in [-0.2, -0.15) is 0 Å². The predicted octanol–water partition coefficient (Wildman–Crippen LogP) is 3.62. The number of halogens is 1. The van der Waals surface area contributed by atoms with Gasteiger partial charge in [-0.3, -0.25) is 14.5 Å². The van der Waals surface area contributed by atoms with Crippen LogP contribution in [0.25, 0.3) is 6.08 Å². The first-order valence-electron chi connectivity index (χ1n) is 8.40. The molecule has 2 aromatic rings. The van der Waals surface area contributed by atoms with Crippen molar-refractivity contribution in [2.24, 2.45) is 4.99 Å². The van der Waals surface area contributed by atoms with Gasteiger partial charge in [0.25, 0.3) is 5.91 Å². The highest BCUT2D eigenvalue weighted by atomic mass is 32.2. The number of thioether (sulfide) groups is 1. The van der Waals surface area contributed by atoms with Crippen molar-refractivity contribution in [3.63, 3.8) is 0 Å². The lowest BCUT2D eigenvalue weighted by molar-refractivity contribution is -0.137. The maximum atomic E-state index is 13.3. The molecule has 0 unspecified atom stereocenters. The molecule has 2 heterocycles. The number of esters is 1. The average Bonchev–Trinajstić information content (AvgIpc) is 3.21. The van der Waals surface area contributed by atoms with Crippen molar-refractivity contribution in [3.8, 4) is 0 Å². The number of ether oxygens (including phenoxy) is 1. The summed E-state index contributed by atoms with van der Waals surface area (Å²) < 4.78 is 18.3. The number of nitrogens with zero attached hydrogens (tertiary/aromatic N) is 2. The standard InChI is InChI=1S/C20H15FN2O3S/c21-14-6-8-15(9-7-14)23-18(24)16(12-13-4-2-1-3-5-13)22-20(23)27-17-10-11-26-19(17)25/h1-9,12,17H,10-11H2/b16-12+/t17-/m0/s1. The zero-order valence-corrected chi connectivity index (χ0v) is 15.0. The molecule has 0 aromatic heterocycles. The van der Waals surface area contributed by atoms with Crippen LogP contribution in [0.2, 0.25) is 0 Å². The van der Waals surface area contributed by atoms with Crippen molar-refractivity contribution < 1.29 is 18.7 Å². The average molecular weight is 382 g/mol. The van der Waals surface area contributed by atoms with Crippen LogP contribution in [0.15, 0.2) is 65.3 Å². The molecule has 136 valence electrons. The largest absolute Gasteiger partial charge is 0.465 e. The number of cyclic esters (lactones) is 1. The van der Waals surface area contributed by atoms with Crippen LogP contribution >= 0.6 is 11.8 Å². The van der Waals surface area contributed by atoms with Gasteiger partial charge in [-0.25, -0.2) is 9.38 Å². The minimum atomic E-state index is -0.407. The highest BCUT2D eigenvalue weighted by Crippen LogP contribution is 2.33. The molecule has 0 bridgehead atoms. The quantitative estimate of drug-likeness (QED) is 0.601. The summed E-state index contributed by atoms with van der Waals surface area (Å²) in [6, 6.07) is 15.0. The fourth-order valence-corrected chi connectivity index (χ4v) is 3.89. The van der Waals surface area contributed by atoms with Crippen LogP contribution in [-0.4, -0.2) is 28.9 Å². The summed E-state index contributed by atoms with van der Waals surface area (Å²) in [5.74, 6) is -1.02. The molecular weight excluding hydrogens is 367 g/mol. The minimum absolute atomic E-state index is 0.263. The van der Waals surface area contributed by atoms with Crippen LogP contribution in [-0.2, 0) is 14.3 Å². The van der Waals surface area contributed by atoms with Gasteiger partial charge in [0.1, 0.15) is 16.8 Å². The molecule has 2 aromatic carbocycles. The Bertz CT molecular complexity index is 941. The zero-order valence-electron chi connectivity index (χ0n) is 14.2. The Labute approximate surface area is 159 Å². The van der Waals surface area contributed by atoms with Gasteiger partial charge in [0.05, 0.1) is 12.3 Å². The van der Waals surface area contributed by atoms with Gasteiger partial charge in [-0.15, -0.1) is 0 Å². The predicted molar refractivity (Wildman–Crippen MR) is 103 cm³/mol. The number of benzene rings is 2. The molecule has 4 rings (SSSR count). The highest BCUT2D eigenvalue weighted by Gasteiger charge is 2.37. The van der Waals surface area contributed by atoms with Gasteiger partial charge < -0.3 is 4.74 Å². The first-order valence-corrected chi connectivity index (χ1v) is 9.28. The van der Waals surface area contributed by atoms with E-state index in [1.165, 1.54) is 40.9 Å². The van der Waals surface area contributed by atoms with E-state index in [1.54, 1.807) is 6.08 Å². The third-order valence-electron chi connectivity index (χ3n) is 4.15. The Kier molecular flexibility index (Phi) is 4.77. The van der Waals surface area contributed by atoms with Gasteiger partial charge in [0.2, 0.25) is 0 Å². The third kappa shape index (κ3) is 3.64. The van der Waals surface area contributed by atoms with E-state index in [1.807, 2.05) is 30.3 Å². The molecule has 7 heteroatoms. The number of amides is 1. The molecule has 0 aliphatic carbocycles. The van der Waals surface area contributed by atoms with Crippen LogP contribution in [0.3, 0.4) is 0 Å². The van der Waals surface area contributed by atoms with Crippen molar-refractivity contribution in [1.82, 2.24) is 0 Å². The van der Waals surface area contributed by atoms with Crippen molar-refractivity contribution >= 4 is 40.6 Å². The summed E-state index contributed by atoms with van der Waals surface area (Å²) in [6.45, 7) is 0.362. The third-order valence-corrected chi connectivity index (χ3v) is 5.35. The molecule has 5 nitrogen and oxygen atoms in total. The second kappa shape index (κ2) is 7.36. The molecule has 2 aliphatic rings. The van der Waals surface area contributed by atoms with E-state index in [4.69, 9.17) is 4.74 Å². The Morgan fingerprint density at radius 3 is 2.52 bits per heavy atom. The lowest BCUT2D eigenvalue weighted by Crippen LogP contribution is -2.32. The number of carbonyl (C=O) groups excluding carboxylic acids is 2. The van der Waals surface area contributed by atoms with Crippen LogP contribution < -0.4 is 4.90 Å². The zero-order chi connectivity index (χ0) is 18.8. The van der Waals surface area contributed by atoms with Gasteiger partial charge in [0, 0.05) is 6.42 Å². The van der Waals surface area contributed by atoms with E-state index in [-0.39, 0.29) is 17.6 Å². The smallest absolute Gasteiger partial charge is 0.319 e. The lowest BCUT2D eigenvalue weighted by Gasteiger charge is -2.18. The number of hydrogen-bond donors (Lipinski definition) is 0. The van der Waals surface area contributed by atoms with Crippen molar-refractivity contribution in [3.05, 3.63) is 71.7 Å². The molecule has 1 amide bonds. The second-order valence-corrected chi connectivity index (χ2v) is 7.18. The molecule has 0 N–H and O–H groups in total. The number of rotatable bonds is 3. The summed E-state index contributed by atoms with van der Waals surface area (Å²) in [5, 5.41) is -0.0202. The van der Waals surface area contributed by atoms with Gasteiger partial charge in [-0.1, -0.05) is 42.1 Å². The topological polar surface area (TPSA) is 59.0 Å². The van der Waals surface area contributed by atoms with E-state index >= 15 is 0 Å². The van der Waals surface area contributed by atoms with E-state index in [0.29, 0.717) is 23.9 Å². The van der Waals surface area contributed by atoms with Crippen LogP contribution in [0.1, 0.15) is 12.0 Å². The summed E-state index contributed by atoms with van der Waals surface area (Å²) in [6.07, 6.45) is 2.26. The minimum Gasteiger partial charge on any atom is -0.465 e. The molecule has 0 radical (unpaired) electrons. The summed E-state index contributed by atoms with van der Waals surface area (Å²) in [4.78, 5) is 30.7. The van der Waals surface area contributed by atoms with Crippen molar-refractivity contribution in [2.75, 3.05) is 11.5 Å². The van der Waals surface area contributed by atoms with Crippen molar-refractivity contribution in [1.29, 1.82) is 0 Å². The number of amidine groups is 1. The monoisotopic (exact) mass is 382 g/mol. The first-order chi connectivity index (χ1) is 13.1. The number of hydrogen-bond acceptors (Lipinski definition) is 5. The summed E-state index contributed by atoms with van der Waals surface area (Å²) in [5.41, 5.74) is 1.60.